The summed E-state index contributed by atoms with van der Waals surface area (Å²) in [5.74, 6) is 0.0360. The zero-order valence-electron chi connectivity index (χ0n) is 10.4. The average Bonchev–Trinajstić information content (AvgIpc) is 2.37. The topological polar surface area (TPSA) is 46.3 Å². The lowest BCUT2D eigenvalue weighted by Crippen LogP contribution is -2.41. The largest absolute Gasteiger partial charge is 0.338 e. The molecule has 1 aromatic carbocycles. The molecule has 100 valence electrons. The van der Waals surface area contributed by atoms with E-state index in [1.54, 1.807) is 0 Å². The Morgan fingerprint density at radius 2 is 2.28 bits per heavy atom. The van der Waals surface area contributed by atoms with Gasteiger partial charge in [0.1, 0.15) is 0 Å². The maximum atomic E-state index is 12.0. The van der Waals surface area contributed by atoms with Crippen LogP contribution in [0.5, 0.6) is 0 Å². The zero-order chi connectivity index (χ0) is 12.4. The zero-order valence-corrected chi connectivity index (χ0v) is 11.9. The van der Waals surface area contributed by atoms with Gasteiger partial charge in [-0.2, -0.15) is 0 Å². The summed E-state index contributed by atoms with van der Waals surface area (Å²) in [5, 5.41) is 0.807. The lowest BCUT2D eigenvalue weighted by Gasteiger charge is -2.31. The molecule has 1 unspecified atom stereocenters. The van der Waals surface area contributed by atoms with Crippen molar-refractivity contribution in [3.63, 3.8) is 0 Å². The standard InChI is InChI=1S/C13H17ClN2O.ClH/c1-9(7-15)13(17)16-6-5-11-10(8-16)3-2-4-12(11)14;/h2-4,9H,5-8,15H2,1H3;1H. The van der Waals surface area contributed by atoms with Gasteiger partial charge in [-0.25, -0.2) is 0 Å². The number of nitrogens with zero attached hydrogens (tertiary/aromatic N) is 1. The first-order chi connectivity index (χ1) is 8.13. The van der Waals surface area contributed by atoms with Gasteiger partial charge in [0.15, 0.2) is 0 Å². The van der Waals surface area contributed by atoms with E-state index >= 15 is 0 Å². The van der Waals surface area contributed by atoms with Crippen LogP contribution in [-0.2, 0) is 17.8 Å². The molecule has 1 atom stereocenters. The highest BCUT2D eigenvalue weighted by molar-refractivity contribution is 6.31. The fraction of sp³-hybridized carbons (Fsp3) is 0.462. The minimum atomic E-state index is -0.101. The quantitative estimate of drug-likeness (QED) is 0.907. The molecule has 1 aliphatic rings. The number of hydrogen-bond acceptors (Lipinski definition) is 2. The third-order valence-electron chi connectivity index (χ3n) is 3.30. The molecule has 3 nitrogen and oxygen atoms in total. The number of nitrogens with two attached hydrogens (primary N) is 1. The number of amides is 1. The van der Waals surface area contributed by atoms with Gasteiger partial charge in [0.2, 0.25) is 5.91 Å². The molecular weight excluding hydrogens is 271 g/mol. The Balaban J connectivity index is 0.00000162. The van der Waals surface area contributed by atoms with Crippen molar-refractivity contribution in [2.24, 2.45) is 11.7 Å². The van der Waals surface area contributed by atoms with Crippen molar-refractivity contribution in [2.75, 3.05) is 13.1 Å². The number of carbonyl (C=O) groups excluding carboxylic acids is 1. The molecule has 0 fully saturated rings. The molecule has 1 aliphatic heterocycles. The Labute approximate surface area is 119 Å². The van der Waals surface area contributed by atoms with E-state index in [1.165, 1.54) is 5.56 Å². The fourth-order valence-corrected chi connectivity index (χ4v) is 2.45. The van der Waals surface area contributed by atoms with Gasteiger partial charge < -0.3 is 10.6 Å². The Bertz CT molecular complexity index is 437. The van der Waals surface area contributed by atoms with Gasteiger partial charge >= 0.3 is 0 Å². The van der Waals surface area contributed by atoms with Gasteiger partial charge in [0.25, 0.3) is 0 Å². The molecule has 18 heavy (non-hydrogen) atoms. The molecule has 2 rings (SSSR count). The molecule has 0 bridgehead atoms. The van der Waals surface area contributed by atoms with E-state index in [4.69, 9.17) is 17.3 Å². The van der Waals surface area contributed by atoms with Crippen LogP contribution >= 0.6 is 24.0 Å². The first kappa shape index (κ1) is 15.3. The summed E-state index contributed by atoms with van der Waals surface area (Å²) < 4.78 is 0. The van der Waals surface area contributed by atoms with Crippen LogP contribution in [-0.4, -0.2) is 23.9 Å². The summed E-state index contributed by atoms with van der Waals surface area (Å²) in [6, 6.07) is 5.87. The maximum absolute atomic E-state index is 12.0. The number of fused-ring (bicyclic) bond motifs is 1. The van der Waals surface area contributed by atoms with Crippen molar-refractivity contribution in [1.29, 1.82) is 0 Å². The number of benzene rings is 1. The van der Waals surface area contributed by atoms with Crippen LogP contribution in [0.25, 0.3) is 0 Å². The Morgan fingerprint density at radius 3 is 2.94 bits per heavy atom. The van der Waals surface area contributed by atoms with Crippen molar-refractivity contribution < 1.29 is 4.79 Å². The minimum absolute atomic E-state index is 0. The Morgan fingerprint density at radius 1 is 1.56 bits per heavy atom. The van der Waals surface area contributed by atoms with Gasteiger partial charge in [-0.3, -0.25) is 4.79 Å². The molecule has 0 spiro atoms. The number of rotatable bonds is 2. The highest BCUT2D eigenvalue weighted by Gasteiger charge is 2.24. The fourth-order valence-electron chi connectivity index (χ4n) is 2.16. The van der Waals surface area contributed by atoms with Gasteiger partial charge in [0, 0.05) is 30.6 Å². The summed E-state index contributed by atoms with van der Waals surface area (Å²) in [6.45, 7) is 3.66. The minimum Gasteiger partial charge on any atom is -0.338 e. The van der Waals surface area contributed by atoms with Crippen LogP contribution in [0.3, 0.4) is 0 Å². The molecule has 1 heterocycles. The second-order valence-electron chi connectivity index (χ2n) is 4.52. The highest BCUT2D eigenvalue weighted by Crippen LogP contribution is 2.26. The van der Waals surface area contributed by atoms with Crippen LogP contribution in [0.4, 0.5) is 0 Å². The van der Waals surface area contributed by atoms with Crippen molar-refractivity contribution in [2.45, 2.75) is 19.9 Å². The lowest BCUT2D eigenvalue weighted by molar-refractivity contribution is -0.135. The van der Waals surface area contributed by atoms with Gasteiger partial charge in [-0.05, 0) is 23.6 Å². The van der Waals surface area contributed by atoms with Crippen LogP contribution in [0, 0.1) is 5.92 Å². The van der Waals surface area contributed by atoms with E-state index in [2.05, 4.69) is 0 Å². The normalized spacial score (nSPS) is 15.6. The first-order valence-corrected chi connectivity index (χ1v) is 6.26. The lowest BCUT2D eigenvalue weighted by atomic mass is 9.98. The summed E-state index contributed by atoms with van der Waals surface area (Å²) in [6.07, 6.45) is 0.831. The Kier molecular flexibility index (Phi) is 5.45. The van der Waals surface area contributed by atoms with Crippen molar-refractivity contribution >= 4 is 29.9 Å². The summed E-state index contributed by atoms with van der Waals surface area (Å²) >= 11 is 6.14. The first-order valence-electron chi connectivity index (χ1n) is 5.88. The third kappa shape index (κ3) is 2.97. The molecule has 0 saturated carbocycles. The van der Waals surface area contributed by atoms with Crippen LogP contribution < -0.4 is 5.73 Å². The molecule has 5 heteroatoms. The molecule has 1 amide bonds. The van der Waals surface area contributed by atoms with E-state index in [0.717, 1.165) is 23.6 Å². The average molecular weight is 289 g/mol. The molecule has 0 aromatic heterocycles. The SMILES string of the molecule is CC(CN)C(=O)N1CCc2c(Cl)cccc2C1.Cl. The highest BCUT2D eigenvalue weighted by atomic mass is 35.5. The second-order valence-corrected chi connectivity index (χ2v) is 4.93. The summed E-state index contributed by atoms with van der Waals surface area (Å²) in [4.78, 5) is 13.9. The summed E-state index contributed by atoms with van der Waals surface area (Å²) in [5.41, 5.74) is 7.86. The second kappa shape index (κ2) is 6.41. The van der Waals surface area contributed by atoms with E-state index in [0.29, 0.717) is 13.1 Å². The monoisotopic (exact) mass is 288 g/mol. The van der Waals surface area contributed by atoms with Crippen LogP contribution in [0.15, 0.2) is 18.2 Å². The van der Waals surface area contributed by atoms with Crippen LogP contribution in [0.2, 0.25) is 5.02 Å². The molecule has 0 aliphatic carbocycles. The predicted octanol–water partition coefficient (Wildman–Crippen LogP) is 2.24. The third-order valence-corrected chi connectivity index (χ3v) is 3.65. The number of halogens is 2. The molecule has 0 radical (unpaired) electrons. The van der Waals surface area contributed by atoms with E-state index < -0.39 is 0 Å². The molecule has 0 saturated heterocycles. The number of carbonyl (C=O) groups is 1. The van der Waals surface area contributed by atoms with Crippen molar-refractivity contribution in [1.82, 2.24) is 4.90 Å². The van der Waals surface area contributed by atoms with E-state index in [9.17, 15) is 4.79 Å². The predicted molar refractivity (Wildman–Crippen MR) is 76.0 cm³/mol. The van der Waals surface area contributed by atoms with Gasteiger partial charge in [-0.1, -0.05) is 30.7 Å². The Hall–Kier alpha value is -0.770. The van der Waals surface area contributed by atoms with Gasteiger partial charge in [-0.15, -0.1) is 12.4 Å². The van der Waals surface area contributed by atoms with Crippen LogP contribution in [0.1, 0.15) is 18.1 Å². The maximum Gasteiger partial charge on any atom is 0.226 e. The van der Waals surface area contributed by atoms with Gasteiger partial charge in [0.05, 0.1) is 0 Å². The van der Waals surface area contributed by atoms with E-state index in [1.807, 2.05) is 30.0 Å². The summed E-state index contributed by atoms with van der Waals surface area (Å²) in [7, 11) is 0. The molecule has 1 aromatic rings. The molecular formula is C13H18Cl2N2O. The van der Waals surface area contributed by atoms with Crippen molar-refractivity contribution in [3.05, 3.63) is 34.3 Å². The number of hydrogen-bond donors (Lipinski definition) is 1. The van der Waals surface area contributed by atoms with Crippen molar-refractivity contribution in [3.8, 4) is 0 Å². The van der Waals surface area contributed by atoms with E-state index in [-0.39, 0.29) is 24.2 Å². The smallest absolute Gasteiger partial charge is 0.226 e. The molecule has 2 N–H and O–H groups in total.